The molecule has 1 amide bonds. The van der Waals surface area contributed by atoms with Gasteiger partial charge in [-0.3, -0.25) is 9.52 Å². The van der Waals surface area contributed by atoms with Crippen LogP contribution >= 0.6 is 0 Å². The molecule has 0 bridgehead atoms. The van der Waals surface area contributed by atoms with Crippen LogP contribution in [0.2, 0.25) is 0 Å². The summed E-state index contributed by atoms with van der Waals surface area (Å²) in [5.41, 5.74) is 3.13. The molecule has 126 valence electrons. The highest BCUT2D eigenvalue weighted by atomic mass is 32.2. The third kappa shape index (κ3) is 3.43. The number of fused-ring (bicyclic) bond motifs is 1. The van der Waals surface area contributed by atoms with Gasteiger partial charge in [-0.2, -0.15) is 0 Å². The third-order valence-electron chi connectivity index (χ3n) is 4.22. The smallest absolute Gasteiger partial charge is 0.258 e. The van der Waals surface area contributed by atoms with Crippen molar-refractivity contribution in [2.24, 2.45) is 0 Å². The maximum atomic E-state index is 12.9. The number of nitrogens with one attached hydrogen (secondary N) is 1. The minimum Gasteiger partial charge on any atom is -0.308 e. The number of carbonyl (C=O) groups is 1. The van der Waals surface area contributed by atoms with E-state index in [1.807, 2.05) is 18.2 Å². The molecule has 1 N–H and O–H groups in total. The quantitative estimate of drug-likeness (QED) is 0.930. The molecular formula is C18H20N2O3S. The Hall–Kier alpha value is -2.34. The Labute approximate surface area is 142 Å². The van der Waals surface area contributed by atoms with E-state index in [-0.39, 0.29) is 5.91 Å². The largest absolute Gasteiger partial charge is 0.308 e. The van der Waals surface area contributed by atoms with E-state index >= 15 is 0 Å². The highest BCUT2D eigenvalue weighted by Crippen LogP contribution is 2.35. The average Bonchev–Trinajstić information content (AvgIpc) is 2.54. The zero-order valence-electron chi connectivity index (χ0n) is 13.7. The molecule has 24 heavy (non-hydrogen) atoms. The van der Waals surface area contributed by atoms with Gasteiger partial charge in [0.1, 0.15) is 0 Å². The van der Waals surface area contributed by atoms with Crippen LogP contribution in [0, 0.1) is 0 Å². The minimum atomic E-state index is -3.32. The molecule has 2 aromatic carbocycles. The Kier molecular flexibility index (Phi) is 4.32. The molecule has 0 radical (unpaired) electrons. The van der Waals surface area contributed by atoms with E-state index < -0.39 is 10.0 Å². The fourth-order valence-corrected chi connectivity index (χ4v) is 3.57. The van der Waals surface area contributed by atoms with E-state index in [1.54, 1.807) is 29.2 Å². The van der Waals surface area contributed by atoms with Gasteiger partial charge in [0, 0.05) is 23.5 Å². The van der Waals surface area contributed by atoms with Gasteiger partial charge in [0.2, 0.25) is 10.0 Å². The number of anilines is 2. The lowest BCUT2D eigenvalue weighted by molar-refractivity contribution is 0.0984. The van der Waals surface area contributed by atoms with E-state index in [1.165, 1.54) is 5.56 Å². The second kappa shape index (κ2) is 6.28. The van der Waals surface area contributed by atoms with E-state index in [9.17, 15) is 13.2 Å². The van der Waals surface area contributed by atoms with Gasteiger partial charge in [-0.15, -0.1) is 0 Å². The Morgan fingerprint density at radius 1 is 1.12 bits per heavy atom. The number of hydrogen-bond acceptors (Lipinski definition) is 3. The molecule has 3 rings (SSSR count). The first-order valence-electron chi connectivity index (χ1n) is 7.84. The predicted octanol–water partition coefficient (Wildman–Crippen LogP) is 3.21. The zero-order valence-corrected chi connectivity index (χ0v) is 14.5. The van der Waals surface area contributed by atoms with Gasteiger partial charge in [0.25, 0.3) is 5.91 Å². The second-order valence-corrected chi connectivity index (χ2v) is 7.91. The van der Waals surface area contributed by atoms with Gasteiger partial charge in [-0.25, -0.2) is 8.42 Å². The summed E-state index contributed by atoms with van der Waals surface area (Å²) < 4.78 is 24.9. The van der Waals surface area contributed by atoms with Crippen LogP contribution in [-0.4, -0.2) is 27.1 Å². The molecule has 6 heteroatoms. The molecule has 0 unspecified atom stereocenters. The molecule has 0 saturated carbocycles. The summed E-state index contributed by atoms with van der Waals surface area (Å²) in [6.07, 6.45) is 2.02. The highest BCUT2D eigenvalue weighted by molar-refractivity contribution is 7.92. The average molecular weight is 344 g/mol. The van der Waals surface area contributed by atoms with Crippen molar-refractivity contribution in [2.45, 2.75) is 19.3 Å². The number of sulfonamides is 1. The molecule has 5 nitrogen and oxygen atoms in total. The first-order chi connectivity index (χ1) is 11.3. The number of carbonyl (C=O) groups excluding carboxylic acids is 1. The van der Waals surface area contributed by atoms with Crippen molar-refractivity contribution in [3.8, 4) is 0 Å². The number of para-hydroxylation sites is 1. The van der Waals surface area contributed by atoms with Crippen molar-refractivity contribution in [3.05, 3.63) is 59.7 Å². The fourth-order valence-electron chi connectivity index (χ4n) is 3.01. The topological polar surface area (TPSA) is 66.5 Å². The molecule has 0 aliphatic carbocycles. The third-order valence-corrected chi connectivity index (χ3v) is 4.83. The van der Waals surface area contributed by atoms with Gasteiger partial charge in [-0.1, -0.05) is 25.1 Å². The van der Waals surface area contributed by atoms with Gasteiger partial charge in [0.05, 0.1) is 6.26 Å². The Balaban J connectivity index is 1.86. The summed E-state index contributed by atoms with van der Waals surface area (Å²) in [6, 6.07) is 14.5. The molecule has 0 fully saturated rings. The summed E-state index contributed by atoms with van der Waals surface area (Å²) in [6.45, 7) is 2.85. The molecule has 1 atom stereocenters. The Morgan fingerprint density at radius 2 is 1.79 bits per heavy atom. The SMILES string of the molecule is C[C@H]1CCN(C(=O)c2ccc(NS(C)(=O)=O)cc2)c2ccccc21. The van der Waals surface area contributed by atoms with Crippen LogP contribution in [0.3, 0.4) is 0 Å². The lowest BCUT2D eigenvalue weighted by Gasteiger charge is -2.33. The standard InChI is InChI=1S/C18H20N2O3S/c1-13-11-12-20(17-6-4-3-5-16(13)17)18(21)14-7-9-15(10-8-14)19-24(2,22)23/h3-10,13,19H,11-12H2,1-2H3/t13-/m0/s1. The van der Waals surface area contributed by atoms with Crippen molar-refractivity contribution in [2.75, 3.05) is 22.4 Å². The highest BCUT2D eigenvalue weighted by Gasteiger charge is 2.26. The molecule has 1 aliphatic rings. The van der Waals surface area contributed by atoms with Gasteiger partial charge in [0.15, 0.2) is 0 Å². The first kappa shape index (κ1) is 16.5. The van der Waals surface area contributed by atoms with Crippen LogP contribution in [0.4, 0.5) is 11.4 Å². The molecule has 2 aromatic rings. The summed E-state index contributed by atoms with van der Waals surface area (Å²) in [5.74, 6) is 0.367. The fraction of sp³-hybridized carbons (Fsp3) is 0.278. The second-order valence-electron chi connectivity index (χ2n) is 6.16. The number of amides is 1. The van der Waals surface area contributed by atoms with Crippen LogP contribution < -0.4 is 9.62 Å². The molecule has 1 aliphatic heterocycles. The number of benzene rings is 2. The Bertz CT molecular complexity index is 860. The van der Waals surface area contributed by atoms with Crippen LogP contribution in [0.15, 0.2) is 48.5 Å². The van der Waals surface area contributed by atoms with Crippen molar-refractivity contribution in [3.63, 3.8) is 0 Å². The van der Waals surface area contributed by atoms with E-state index in [2.05, 4.69) is 17.7 Å². The molecular weight excluding hydrogens is 324 g/mol. The molecule has 0 aromatic heterocycles. The lowest BCUT2D eigenvalue weighted by Crippen LogP contribution is -2.36. The van der Waals surface area contributed by atoms with Gasteiger partial charge >= 0.3 is 0 Å². The maximum Gasteiger partial charge on any atom is 0.258 e. The summed E-state index contributed by atoms with van der Waals surface area (Å²) >= 11 is 0. The number of nitrogens with zero attached hydrogens (tertiary/aromatic N) is 1. The minimum absolute atomic E-state index is 0.0692. The van der Waals surface area contributed by atoms with E-state index in [0.717, 1.165) is 18.4 Å². The Morgan fingerprint density at radius 3 is 2.46 bits per heavy atom. The van der Waals surface area contributed by atoms with Crippen molar-refractivity contribution in [1.82, 2.24) is 0 Å². The van der Waals surface area contributed by atoms with E-state index in [0.29, 0.717) is 23.7 Å². The van der Waals surface area contributed by atoms with Gasteiger partial charge in [-0.05, 0) is 48.2 Å². The summed E-state index contributed by atoms with van der Waals surface area (Å²) in [5, 5.41) is 0. The number of rotatable bonds is 3. The van der Waals surface area contributed by atoms with E-state index in [4.69, 9.17) is 0 Å². The lowest BCUT2D eigenvalue weighted by atomic mass is 9.91. The molecule has 0 saturated heterocycles. The first-order valence-corrected chi connectivity index (χ1v) is 9.73. The van der Waals surface area contributed by atoms with Crippen LogP contribution in [0.5, 0.6) is 0 Å². The van der Waals surface area contributed by atoms with Crippen molar-refractivity contribution in [1.29, 1.82) is 0 Å². The van der Waals surface area contributed by atoms with Crippen LogP contribution in [0.25, 0.3) is 0 Å². The van der Waals surface area contributed by atoms with Crippen molar-refractivity contribution < 1.29 is 13.2 Å². The maximum absolute atomic E-state index is 12.9. The summed E-state index contributed by atoms with van der Waals surface area (Å²) in [4.78, 5) is 14.7. The molecule has 0 spiro atoms. The zero-order chi connectivity index (χ0) is 17.3. The number of hydrogen-bond donors (Lipinski definition) is 1. The van der Waals surface area contributed by atoms with Crippen LogP contribution in [0.1, 0.15) is 35.2 Å². The van der Waals surface area contributed by atoms with Crippen LogP contribution in [-0.2, 0) is 10.0 Å². The molecule has 1 heterocycles. The predicted molar refractivity (Wildman–Crippen MR) is 96.1 cm³/mol. The van der Waals surface area contributed by atoms with Crippen molar-refractivity contribution >= 4 is 27.3 Å². The van der Waals surface area contributed by atoms with Gasteiger partial charge < -0.3 is 4.90 Å². The monoisotopic (exact) mass is 344 g/mol. The summed E-state index contributed by atoms with van der Waals surface area (Å²) in [7, 11) is -3.32. The normalized spacial score (nSPS) is 17.2.